The quantitative estimate of drug-likeness (QED) is 0.0616. The van der Waals surface area contributed by atoms with Crippen molar-refractivity contribution in [1.82, 2.24) is 0 Å². The van der Waals surface area contributed by atoms with E-state index in [-0.39, 0.29) is 0 Å². The van der Waals surface area contributed by atoms with E-state index in [2.05, 4.69) is 13.8 Å². The third-order valence-electron chi connectivity index (χ3n) is 14.8. The lowest BCUT2D eigenvalue weighted by Crippen LogP contribution is -2.54. The van der Waals surface area contributed by atoms with Crippen LogP contribution in [0.2, 0.25) is 0 Å². The van der Waals surface area contributed by atoms with Gasteiger partial charge in [0.25, 0.3) is 0 Å². The predicted octanol–water partition coefficient (Wildman–Crippen LogP) is 12.2. The van der Waals surface area contributed by atoms with E-state index in [0.29, 0.717) is 56.6 Å². The van der Waals surface area contributed by atoms with Crippen LogP contribution in [-0.2, 0) is 41.4 Å². The molecule has 2 aliphatic rings. The Kier molecular flexibility index (Phi) is 20.4. The molecule has 2 saturated heterocycles. The topological polar surface area (TPSA) is 170 Å². The molecule has 420 valence electrons. The van der Waals surface area contributed by atoms with Crippen LogP contribution in [0.25, 0.3) is 0 Å². The fraction of sp³-hybridized carbons (Fsp3) is 0.314. The average Bonchev–Trinajstić information content (AvgIpc) is 4.06. The van der Waals surface area contributed by atoms with Gasteiger partial charge in [0, 0.05) is 12.1 Å². The van der Waals surface area contributed by atoms with E-state index >= 15 is 0 Å². The summed E-state index contributed by atoms with van der Waals surface area (Å²) in [5.74, 6) is -2.10. The molecule has 0 aliphatic carbocycles. The first-order chi connectivity index (χ1) is 38.3. The highest BCUT2D eigenvalue weighted by Gasteiger charge is 2.63. The monoisotopic (exact) mass is 1080 g/mol. The van der Waals surface area contributed by atoms with E-state index in [1.165, 1.54) is 0 Å². The zero-order valence-corrected chi connectivity index (χ0v) is 47.5. The summed E-state index contributed by atoms with van der Waals surface area (Å²) in [7, 11) is 0. The number of benzene rings is 8. The van der Waals surface area contributed by atoms with Gasteiger partial charge in [-0.2, -0.15) is 0 Å². The van der Waals surface area contributed by atoms with Crippen molar-refractivity contribution in [3.05, 3.63) is 287 Å². The number of ether oxygens (including phenoxy) is 4. The third-order valence-corrected chi connectivity index (χ3v) is 14.8. The molecule has 10 heteroatoms. The molecule has 6 atom stereocenters. The van der Waals surface area contributed by atoms with Gasteiger partial charge in [-0.1, -0.05) is 257 Å². The summed E-state index contributed by atoms with van der Waals surface area (Å²) in [5.41, 5.74) is 9.45. The summed E-state index contributed by atoms with van der Waals surface area (Å²) < 4.78 is 26.0. The van der Waals surface area contributed by atoms with E-state index in [0.717, 1.165) is 12.8 Å². The fourth-order valence-electron chi connectivity index (χ4n) is 10.3. The lowest BCUT2D eigenvalue weighted by Gasteiger charge is -2.42. The van der Waals surface area contributed by atoms with Crippen LogP contribution >= 0.6 is 0 Å². The van der Waals surface area contributed by atoms with Crippen LogP contribution in [-0.4, -0.2) is 68.5 Å². The first-order valence-corrected chi connectivity index (χ1v) is 27.8. The molecule has 0 aromatic heterocycles. The number of aliphatic hydroxyl groups is 4. The first-order valence-electron chi connectivity index (χ1n) is 27.8. The van der Waals surface area contributed by atoms with Crippen molar-refractivity contribution in [2.24, 2.45) is 11.5 Å². The Hall–Kier alpha value is -6.64. The van der Waals surface area contributed by atoms with E-state index < -0.39 is 58.4 Å². The molecule has 10 rings (SSSR count). The molecule has 80 heavy (non-hydrogen) atoms. The Morgan fingerprint density at radius 1 is 0.312 bits per heavy atom. The normalized spacial score (nSPS) is 19.4. The number of nitrogens with two attached hydrogens (primary N) is 2. The maximum Gasteiger partial charge on any atom is 0.164 e. The standard InChI is InChI=1S/2C31H30O4.2C4H11N/c2*1-29(2)34-27(30(32,23-15-7-3-8-16-23)24-17-9-4-10-18-24)28(35-29)31(33,25-19-11-5-12-20-25)26-21-13-6-14-22-26;2*1-3-4(2)5/h2*3-22,27-28,32-33H,1-2H3;2*4H,3,5H2,1-2H3/t2*27-,28-;2*4-/m1110/s1. The fourth-order valence-corrected chi connectivity index (χ4v) is 10.3. The average molecular weight is 1080 g/mol. The Morgan fingerprint density at radius 2 is 0.425 bits per heavy atom. The molecule has 0 saturated carbocycles. The molecule has 0 bridgehead atoms. The minimum absolute atomic E-state index is 0.384. The summed E-state index contributed by atoms with van der Waals surface area (Å²) in [6.45, 7) is 15.4. The molecule has 8 aromatic carbocycles. The maximum absolute atomic E-state index is 12.6. The summed E-state index contributed by atoms with van der Waals surface area (Å²) in [6, 6.07) is 76.3. The second-order valence-corrected chi connectivity index (χ2v) is 21.7. The summed E-state index contributed by atoms with van der Waals surface area (Å²) >= 11 is 0. The van der Waals surface area contributed by atoms with Crippen molar-refractivity contribution in [3.8, 4) is 0 Å². The van der Waals surface area contributed by atoms with E-state index in [1.54, 1.807) is 0 Å². The second kappa shape index (κ2) is 26.8. The van der Waals surface area contributed by atoms with Crippen LogP contribution in [0.15, 0.2) is 243 Å². The van der Waals surface area contributed by atoms with Crippen LogP contribution in [0.3, 0.4) is 0 Å². The SMILES string of the molecule is CC1(C)O[C@@H](C(O)(c2ccccc2)c2ccccc2)[C@H](C(O)(c2ccccc2)c2ccccc2)O1.CC1(C)O[C@@H](C(O)(c2ccccc2)c2ccccc2)[C@H](C(O)(c2ccccc2)c2ccccc2)O1.CC[C@@H](C)N.CC[C@H](C)N. The van der Waals surface area contributed by atoms with Crippen LogP contribution in [0, 0.1) is 0 Å². The Labute approximate surface area is 474 Å². The Morgan fingerprint density at radius 3 is 0.525 bits per heavy atom. The van der Waals surface area contributed by atoms with E-state index in [4.69, 9.17) is 30.4 Å². The zero-order valence-electron chi connectivity index (χ0n) is 47.5. The van der Waals surface area contributed by atoms with Crippen molar-refractivity contribution in [1.29, 1.82) is 0 Å². The Balaban J connectivity index is 0.000000198. The van der Waals surface area contributed by atoms with Gasteiger partial charge < -0.3 is 50.8 Å². The van der Waals surface area contributed by atoms with Gasteiger partial charge in [0.05, 0.1) is 0 Å². The summed E-state index contributed by atoms with van der Waals surface area (Å²) in [5, 5.41) is 50.4. The zero-order chi connectivity index (χ0) is 57.6. The molecule has 0 amide bonds. The van der Waals surface area contributed by atoms with Crippen molar-refractivity contribution in [2.75, 3.05) is 0 Å². The number of hydrogen-bond acceptors (Lipinski definition) is 10. The molecular weight excluding hydrogens is 997 g/mol. The number of rotatable bonds is 14. The second-order valence-electron chi connectivity index (χ2n) is 21.7. The lowest BCUT2D eigenvalue weighted by atomic mass is 9.72. The van der Waals surface area contributed by atoms with Crippen molar-refractivity contribution in [3.63, 3.8) is 0 Å². The third kappa shape index (κ3) is 13.6. The highest BCUT2D eigenvalue weighted by atomic mass is 16.8. The highest BCUT2D eigenvalue weighted by Crippen LogP contribution is 2.52. The van der Waals surface area contributed by atoms with Crippen molar-refractivity contribution < 1.29 is 39.4 Å². The minimum Gasteiger partial charge on any atom is -0.378 e. The van der Waals surface area contributed by atoms with Gasteiger partial charge in [0.15, 0.2) is 11.6 Å². The molecular formula is C70H82N2O8. The minimum atomic E-state index is -1.60. The van der Waals surface area contributed by atoms with Gasteiger partial charge in [0.1, 0.15) is 46.8 Å². The molecule has 0 radical (unpaired) electrons. The smallest absolute Gasteiger partial charge is 0.164 e. The molecule has 10 nitrogen and oxygen atoms in total. The molecule has 0 unspecified atom stereocenters. The van der Waals surface area contributed by atoms with Gasteiger partial charge in [0.2, 0.25) is 0 Å². The lowest BCUT2D eigenvalue weighted by molar-refractivity contribution is -0.172. The summed E-state index contributed by atoms with van der Waals surface area (Å²) in [6.07, 6.45) is -1.58. The molecule has 8 N–H and O–H groups in total. The van der Waals surface area contributed by atoms with Crippen LogP contribution in [0.4, 0.5) is 0 Å². The van der Waals surface area contributed by atoms with Gasteiger partial charge in [-0.05, 0) is 98.9 Å². The maximum atomic E-state index is 12.6. The van der Waals surface area contributed by atoms with Crippen molar-refractivity contribution in [2.45, 2.75) is 139 Å². The summed E-state index contributed by atoms with van der Waals surface area (Å²) in [4.78, 5) is 0. The van der Waals surface area contributed by atoms with Crippen LogP contribution < -0.4 is 11.5 Å². The predicted molar refractivity (Wildman–Crippen MR) is 319 cm³/mol. The van der Waals surface area contributed by atoms with Gasteiger partial charge in [-0.15, -0.1) is 0 Å². The molecule has 2 heterocycles. The largest absolute Gasteiger partial charge is 0.378 e. The van der Waals surface area contributed by atoms with Crippen LogP contribution in [0.5, 0.6) is 0 Å². The molecule has 2 fully saturated rings. The van der Waals surface area contributed by atoms with Gasteiger partial charge >= 0.3 is 0 Å². The first kappa shape index (κ1) is 61.0. The Bertz CT molecular complexity index is 2480. The van der Waals surface area contributed by atoms with Gasteiger partial charge in [-0.25, -0.2) is 0 Å². The molecule has 0 spiro atoms. The van der Waals surface area contributed by atoms with Crippen LogP contribution in [0.1, 0.15) is 113 Å². The highest BCUT2D eigenvalue weighted by molar-refractivity contribution is 5.46. The van der Waals surface area contributed by atoms with E-state index in [9.17, 15) is 20.4 Å². The van der Waals surface area contributed by atoms with Gasteiger partial charge in [-0.3, -0.25) is 0 Å². The van der Waals surface area contributed by atoms with E-state index in [1.807, 2.05) is 284 Å². The van der Waals surface area contributed by atoms with Crippen molar-refractivity contribution >= 4 is 0 Å². The molecule has 8 aromatic rings. The molecule has 2 aliphatic heterocycles. The number of hydrogen-bond donors (Lipinski definition) is 6.